The Morgan fingerprint density at radius 1 is 0.971 bits per heavy atom. The van der Waals surface area contributed by atoms with Crippen molar-refractivity contribution in [2.75, 3.05) is 26.2 Å². The Labute approximate surface area is 195 Å². The molecule has 1 amide bonds. The van der Waals surface area contributed by atoms with Gasteiger partial charge in [-0.15, -0.1) is 0 Å². The molecule has 1 aliphatic heterocycles. The van der Waals surface area contributed by atoms with Gasteiger partial charge in [0.25, 0.3) is 5.91 Å². The maximum Gasteiger partial charge on any atom is 0.307 e. The van der Waals surface area contributed by atoms with Gasteiger partial charge in [0.2, 0.25) is 10.0 Å². The number of aliphatic carboxylic acids is 1. The summed E-state index contributed by atoms with van der Waals surface area (Å²) in [5, 5.41) is 10.2. The highest BCUT2D eigenvalue weighted by Gasteiger charge is 2.32. The third-order valence-corrected chi connectivity index (χ3v) is 7.88. The molecule has 0 aromatic heterocycles. The van der Waals surface area contributed by atoms with Gasteiger partial charge in [0.15, 0.2) is 0 Å². The van der Waals surface area contributed by atoms with Crippen molar-refractivity contribution in [3.63, 3.8) is 0 Å². The fourth-order valence-corrected chi connectivity index (χ4v) is 5.67. The Bertz CT molecular complexity index is 1400. The second kappa shape index (κ2) is 9.11. The number of halogens is 2. The predicted molar refractivity (Wildman–Crippen MR) is 121 cm³/mol. The molecule has 1 heterocycles. The van der Waals surface area contributed by atoms with E-state index in [9.17, 15) is 31.9 Å². The molecular weight excluding hydrogens is 466 g/mol. The van der Waals surface area contributed by atoms with Crippen molar-refractivity contribution in [1.29, 1.82) is 0 Å². The van der Waals surface area contributed by atoms with Crippen LogP contribution in [0, 0.1) is 18.6 Å². The Hall–Kier alpha value is -3.37. The lowest BCUT2D eigenvalue weighted by molar-refractivity contribution is -0.136. The molecule has 1 N–H and O–H groups in total. The molecule has 0 spiro atoms. The van der Waals surface area contributed by atoms with Crippen molar-refractivity contribution >= 4 is 32.7 Å². The fraction of sp³-hybridized carbons (Fsp3) is 0.250. The minimum Gasteiger partial charge on any atom is -0.481 e. The van der Waals surface area contributed by atoms with Gasteiger partial charge in [-0.3, -0.25) is 9.59 Å². The van der Waals surface area contributed by atoms with Gasteiger partial charge in [0.05, 0.1) is 16.9 Å². The molecule has 1 saturated heterocycles. The van der Waals surface area contributed by atoms with Gasteiger partial charge in [-0.25, -0.2) is 17.2 Å². The van der Waals surface area contributed by atoms with E-state index in [0.29, 0.717) is 21.9 Å². The van der Waals surface area contributed by atoms with Crippen molar-refractivity contribution in [3.05, 3.63) is 76.9 Å². The smallest absolute Gasteiger partial charge is 0.307 e. The maximum atomic E-state index is 14.0. The van der Waals surface area contributed by atoms with Crippen LogP contribution in [0.4, 0.5) is 8.78 Å². The van der Waals surface area contributed by atoms with Crippen LogP contribution < -0.4 is 0 Å². The van der Waals surface area contributed by atoms with Gasteiger partial charge >= 0.3 is 5.97 Å². The van der Waals surface area contributed by atoms with Crippen molar-refractivity contribution < 1.29 is 31.9 Å². The number of carbonyl (C=O) groups is 2. The van der Waals surface area contributed by atoms with Gasteiger partial charge in [-0.1, -0.05) is 18.2 Å². The predicted octanol–water partition coefficient (Wildman–Crippen LogP) is 3.20. The monoisotopic (exact) mass is 488 g/mol. The number of hydrogen-bond donors (Lipinski definition) is 1. The highest BCUT2D eigenvalue weighted by molar-refractivity contribution is 7.89. The molecule has 1 fully saturated rings. The van der Waals surface area contributed by atoms with Crippen LogP contribution in [0.15, 0.2) is 53.4 Å². The third-order valence-electron chi connectivity index (χ3n) is 5.99. The van der Waals surface area contributed by atoms with Crippen LogP contribution in [0.25, 0.3) is 10.8 Å². The van der Waals surface area contributed by atoms with Crippen LogP contribution in [0.5, 0.6) is 0 Å². The number of piperazine rings is 1. The lowest BCUT2D eigenvalue weighted by Gasteiger charge is -2.34. The summed E-state index contributed by atoms with van der Waals surface area (Å²) in [4.78, 5) is 26.1. The number of nitrogens with zero attached hydrogens (tertiary/aromatic N) is 2. The molecule has 0 atom stereocenters. The molecule has 178 valence electrons. The molecule has 0 saturated carbocycles. The van der Waals surface area contributed by atoms with E-state index in [4.69, 9.17) is 0 Å². The van der Waals surface area contributed by atoms with Crippen LogP contribution >= 0.6 is 0 Å². The summed E-state index contributed by atoms with van der Waals surface area (Å²) in [5.41, 5.74) is 1.09. The molecule has 0 bridgehead atoms. The van der Waals surface area contributed by atoms with Crippen LogP contribution in [0.3, 0.4) is 0 Å². The van der Waals surface area contributed by atoms with Crippen LogP contribution in [0.1, 0.15) is 21.5 Å². The van der Waals surface area contributed by atoms with Gasteiger partial charge in [-0.05, 0) is 59.2 Å². The van der Waals surface area contributed by atoms with Gasteiger partial charge in [0.1, 0.15) is 11.6 Å². The quantitative estimate of drug-likeness (QED) is 0.595. The maximum absolute atomic E-state index is 14.0. The topological polar surface area (TPSA) is 95.0 Å². The molecule has 0 aliphatic carbocycles. The number of hydrogen-bond acceptors (Lipinski definition) is 4. The first-order chi connectivity index (χ1) is 16.1. The van der Waals surface area contributed by atoms with E-state index < -0.39 is 33.5 Å². The molecule has 10 heteroatoms. The van der Waals surface area contributed by atoms with Crippen molar-refractivity contribution in [2.24, 2.45) is 0 Å². The zero-order valence-electron chi connectivity index (χ0n) is 18.3. The number of sulfonamides is 1. The van der Waals surface area contributed by atoms with E-state index in [0.717, 1.165) is 12.1 Å². The molecule has 3 aromatic carbocycles. The van der Waals surface area contributed by atoms with E-state index in [-0.39, 0.29) is 43.1 Å². The summed E-state index contributed by atoms with van der Waals surface area (Å²) in [6, 6.07) is 10.4. The van der Waals surface area contributed by atoms with E-state index in [2.05, 4.69) is 0 Å². The summed E-state index contributed by atoms with van der Waals surface area (Å²) in [6.07, 6.45) is -0.293. The highest BCUT2D eigenvalue weighted by Crippen LogP contribution is 2.29. The number of rotatable bonds is 5. The number of benzene rings is 3. The first kappa shape index (κ1) is 23.8. The summed E-state index contributed by atoms with van der Waals surface area (Å²) >= 11 is 0. The van der Waals surface area contributed by atoms with E-state index in [1.54, 1.807) is 13.0 Å². The van der Waals surface area contributed by atoms with E-state index in [1.807, 2.05) is 0 Å². The average Bonchev–Trinajstić information content (AvgIpc) is 2.79. The fourth-order valence-electron chi connectivity index (χ4n) is 4.22. The second-order valence-electron chi connectivity index (χ2n) is 8.13. The lowest BCUT2D eigenvalue weighted by atomic mass is 9.92. The van der Waals surface area contributed by atoms with Gasteiger partial charge in [0, 0.05) is 26.2 Å². The van der Waals surface area contributed by atoms with Crippen molar-refractivity contribution in [2.45, 2.75) is 18.2 Å². The summed E-state index contributed by atoms with van der Waals surface area (Å²) in [6.45, 7) is 1.79. The molecule has 1 aliphatic rings. The molecule has 34 heavy (non-hydrogen) atoms. The standard InChI is InChI=1S/C24H22F2N2O5S/c1-15-17(12-22(29)30)11-16-5-6-19(26)14-21(16)23(15)24(31)27-7-9-28(10-8-27)34(32,33)20-4-2-3-18(25)13-20/h2-6,11,13-14H,7-10,12H2,1H3,(H,29,30). The minimum absolute atomic E-state index is 0.00471. The number of carboxylic acids is 1. The number of carboxylic acid groups (broad SMARTS) is 1. The van der Waals surface area contributed by atoms with Gasteiger partial charge < -0.3 is 10.0 Å². The summed E-state index contributed by atoms with van der Waals surface area (Å²) in [5.74, 6) is -2.68. The number of carbonyl (C=O) groups excluding carboxylic acids is 1. The Balaban J connectivity index is 1.63. The largest absolute Gasteiger partial charge is 0.481 e. The Kier molecular flexibility index (Phi) is 6.37. The molecular formula is C24H22F2N2O5S. The second-order valence-corrected chi connectivity index (χ2v) is 10.1. The molecule has 0 unspecified atom stereocenters. The first-order valence-electron chi connectivity index (χ1n) is 10.6. The SMILES string of the molecule is Cc1c(CC(=O)O)cc2ccc(F)cc2c1C(=O)N1CCN(S(=O)(=O)c2cccc(F)c2)CC1. The average molecular weight is 489 g/mol. The van der Waals surface area contributed by atoms with Gasteiger partial charge in [-0.2, -0.15) is 4.31 Å². The van der Waals surface area contributed by atoms with Crippen LogP contribution in [0.2, 0.25) is 0 Å². The van der Waals surface area contributed by atoms with E-state index >= 15 is 0 Å². The normalized spacial score (nSPS) is 15.0. The van der Waals surface area contributed by atoms with Crippen LogP contribution in [-0.2, 0) is 21.2 Å². The number of amides is 1. The van der Waals surface area contributed by atoms with E-state index in [1.165, 1.54) is 39.5 Å². The highest BCUT2D eigenvalue weighted by atomic mass is 32.2. The zero-order chi connectivity index (χ0) is 24.6. The molecule has 3 aromatic rings. The first-order valence-corrected chi connectivity index (χ1v) is 12.0. The lowest BCUT2D eigenvalue weighted by Crippen LogP contribution is -2.50. The summed E-state index contributed by atoms with van der Waals surface area (Å²) in [7, 11) is -3.93. The van der Waals surface area contributed by atoms with Crippen molar-refractivity contribution in [3.8, 4) is 0 Å². The minimum atomic E-state index is -3.93. The number of fused-ring (bicyclic) bond motifs is 1. The third kappa shape index (κ3) is 4.51. The van der Waals surface area contributed by atoms with Crippen molar-refractivity contribution in [1.82, 2.24) is 9.21 Å². The molecule has 0 radical (unpaired) electrons. The Morgan fingerprint density at radius 3 is 2.29 bits per heavy atom. The Morgan fingerprint density at radius 2 is 1.65 bits per heavy atom. The zero-order valence-corrected chi connectivity index (χ0v) is 19.1. The molecule has 4 rings (SSSR count). The molecule has 7 nitrogen and oxygen atoms in total. The van der Waals surface area contributed by atoms with Crippen LogP contribution in [-0.4, -0.2) is 60.8 Å². The summed E-state index contributed by atoms with van der Waals surface area (Å²) < 4.78 is 54.5.